The van der Waals surface area contributed by atoms with Gasteiger partial charge in [0.25, 0.3) is 0 Å². The zero-order valence-corrected chi connectivity index (χ0v) is 13.5. The number of hydrogen-bond acceptors (Lipinski definition) is 3. The van der Waals surface area contributed by atoms with Crippen molar-refractivity contribution in [2.45, 2.75) is 37.8 Å². The van der Waals surface area contributed by atoms with Gasteiger partial charge in [-0.15, -0.1) is 0 Å². The molecule has 2 unspecified atom stereocenters. The van der Waals surface area contributed by atoms with Crippen LogP contribution in [0.2, 0.25) is 0 Å². The normalized spacial score (nSPS) is 24.8. The highest BCUT2D eigenvalue weighted by molar-refractivity contribution is 9.10. The third kappa shape index (κ3) is 2.86. The maximum absolute atomic E-state index is 12.7. The van der Waals surface area contributed by atoms with Crippen LogP contribution < -0.4 is 5.73 Å². The first kappa shape index (κ1) is 15.0. The quantitative estimate of drug-likeness (QED) is 0.913. The molecule has 1 heterocycles. The third-order valence-corrected chi connectivity index (χ3v) is 6.50. The molecule has 0 aromatic heterocycles. The molecule has 6 heteroatoms. The summed E-state index contributed by atoms with van der Waals surface area (Å²) in [6.45, 7) is 5.03. The van der Waals surface area contributed by atoms with E-state index >= 15 is 0 Å². The van der Waals surface area contributed by atoms with Crippen LogP contribution in [0.25, 0.3) is 0 Å². The zero-order valence-electron chi connectivity index (χ0n) is 11.1. The minimum absolute atomic E-state index is 0.0566. The van der Waals surface area contributed by atoms with Crippen molar-refractivity contribution in [3.63, 3.8) is 0 Å². The average molecular weight is 347 g/mol. The second-order valence-corrected chi connectivity index (χ2v) is 7.95. The number of nitrogens with two attached hydrogens (primary N) is 1. The number of nitrogens with zero attached hydrogens (tertiary/aromatic N) is 1. The van der Waals surface area contributed by atoms with Crippen molar-refractivity contribution in [2.75, 3.05) is 6.54 Å². The Bertz CT molecular complexity index is 574. The van der Waals surface area contributed by atoms with Gasteiger partial charge in [0.1, 0.15) is 0 Å². The highest BCUT2D eigenvalue weighted by atomic mass is 79.9. The molecule has 0 radical (unpaired) electrons. The second kappa shape index (κ2) is 5.52. The van der Waals surface area contributed by atoms with E-state index in [1.807, 2.05) is 6.92 Å². The Morgan fingerprint density at radius 3 is 2.58 bits per heavy atom. The van der Waals surface area contributed by atoms with Gasteiger partial charge in [-0.1, -0.05) is 13.0 Å². The molecule has 2 N–H and O–H groups in total. The van der Waals surface area contributed by atoms with Gasteiger partial charge in [-0.3, -0.25) is 0 Å². The lowest BCUT2D eigenvalue weighted by molar-refractivity contribution is 0.405. The lowest BCUT2D eigenvalue weighted by Crippen LogP contribution is -2.34. The first-order valence-corrected chi connectivity index (χ1v) is 8.60. The van der Waals surface area contributed by atoms with Gasteiger partial charge in [-0.05, 0) is 52.9 Å². The maximum atomic E-state index is 12.7. The largest absolute Gasteiger partial charge is 0.326 e. The summed E-state index contributed by atoms with van der Waals surface area (Å²) >= 11 is 3.34. The minimum Gasteiger partial charge on any atom is -0.326 e. The summed E-state index contributed by atoms with van der Waals surface area (Å²) in [7, 11) is -3.43. The third-order valence-electron chi connectivity index (χ3n) is 3.55. The first-order chi connectivity index (χ1) is 8.86. The molecular formula is C13H19BrN2O2S. The molecule has 106 valence electrons. The summed E-state index contributed by atoms with van der Waals surface area (Å²) in [5.41, 5.74) is 6.47. The van der Waals surface area contributed by atoms with Crippen molar-refractivity contribution in [3.8, 4) is 0 Å². The van der Waals surface area contributed by atoms with E-state index < -0.39 is 10.0 Å². The van der Waals surface area contributed by atoms with Gasteiger partial charge in [0.05, 0.1) is 4.90 Å². The van der Waals surface area contributed by atoms with Crippen LogP contribution in [0.1, 0.15) is 25.8 Å². The lowest BCUT2D eigenvalue weighted by atomic mass is 10.1. The van der Waals surface area contributed by atoms with E-state index in [4.69, 9.17) is 5.73 Å². The number of hydrogen-bond donors (Lipinski definition) is 1. The molecular weight excluding hydrogens is 328 g/mol. The van der Waals surface area contributed by atoms with E-state index in [1.165, 1.54) is 0 Å². The van der Waals surface area contributed by atoms with E-state index in [0.29, 0.717) is 28.4 Å². The molecule has 19 heavy (non-hydrogen) atoms. The van der Waals surface area contributed by atoms with Crippen molar-refractivity contribution >= 4 is 26.0 Å². The second-order valence-electron chi connectivity index (χ2n) is 5.23. The van der Waals surface area contributed by atoms with E-state index in [2.05, 4.69) is 22.9 Å². The van der Waals surface area contributed by atoms with Crippen molar-refractivity contribution < 1.29 is 8.42 Å². The molecule has 0 bridgehead atoms. The van der Waals surface area contributed by atoms with E-state index in [1.54, 1.807) is 22.5 Å². The van der Waals surface area contributed by atoms with Gasteiger partial charge in [0.15, 0.2) is 0 Å². The minimum atomic E-state index is -3.43. The summed E-state index contributed by atoms with van der Waals surface area (Å²) in [6.07, 6.45) is 0.914. The molecule has 1 aromatic rings. The van der Waals surface area contributed by atoms with Crippen molar-refractivity contribution in [1.82, 2.24) is 4.31 Å². The molecule has 4 nitrogen and oxygen atoms in total. The predicted molar refractivity (Wildman–Crippen MR) is 79.2 cm³/mol. The zero-order chi connectivity index (χ0) is 14.2. The molecule has 0 saturated carbocycles. The SMILES string of the molecule is CC1CC(C)N(S(=O)(=O)c2ccc(CN)cc2Br)C1. The van der Waals surface area contributed by atoms with Gasteiger partial charge in [0, 0.05) is 23.6 Å². The summed E-state index contributed by atoms with van der Waals surface area (Å²) in [5, 5.41) is 0. The fourth-order valence-corrected chi connectivity index (χ4v) is 5.45. The van der Waals surface area contributed by atoms with E-state index in [9.17, 15) is 8.42 Å². The summed E-state index contributed by atoms with van der Waals surface area (Å²) in [6, 6.07) is 5.23. The fourth-order valence-electron chi connectivity index (χ4n) is 2.60. The van der Waals surface area contributed by atoms with Crippen LogP contribution in [0.5, 0.6) is 0 Å². The molecule has 2 rings (SSSR count). The molecule has 0 aliphatic carbocycles. The maximum Gasteiger partial charge on any atom is 0.244 e. The van der Waals surface area contributed by atoms with Gasteiger partial charge >= 0.3 is 0 Å². The smallest absolute Gasteiger partial charge is 0.244 e. The summed E-state index contributed by atoms with van der Waals surface area (Å²) < 4.78 is 27.5. The molecule has 1 aliphatic rings. The molecule has 0 amide bonds. The number of halogens is 1. The predicted octanol–water partition coefficient (Wildman–Crippen LogP) is 2.33. The number of benzene rings is 1. The van der Waals surface area contributed by atoms with Crippen LogP contribution in [0.4, 0.5) is 0 Å². The molecule has 1 fully saturated rings. The Balaban J connectivity index is 2.40. The average Bonchev–Trinajstić information content (AvgIpc) is 2.68. The molecule has 1 aromatic carbocycles. The highest BCUT2D eigenvalue weighted by Gasteiger charge is 2.36. The van der Waals surface area contributed by atoms with Crippen LogP contribution in [-0.4, -0.2) is 25.3 Å². The van der Waals surface area contributed by atoms with Crippen LogP contribution >= 0.6 is 15.9 Å². The Morgan fingerprint density at radius 2 is 2.11 bits per heavy atom. The monoisotopic (exact) mass is 346 g/mol. The van der Waals surface area contributed by atoms with Gasteiger partial charge in [-0.2, -0.15) is 4.31 Å². The molecule has 1 saturated heterocycles. The van der Waals surface area contributed by atoms with Crippen LogP contribution in [-0.2, 0) is 16.6 Å². The molecule has 2 atom stereocenters. The molecule has 1 aliphatic heterocycles. The van der Waals surface area contributed by atoms with Gasteiger partial charge < -0.3 is 5.73 Å². The highest BCUT2D eigenvalue weighted by Crippen LogP contribution is 2.32. The van der Waals surface area contributed by atoms with Crippen molar-refractivity contribution in [2.24, 2.45) is 11.7 Å². The molecule has 0 spiro atoms. The number of sulfonamides is 1. The van der Waals surface area contributed by atoms with Crippen molar-refractivity contribution in [3.05, 3.63) is 28.2 Å². The summed E-state index contributed by atoms with van der Waals surface area (Å²) in [5.74, 6) is 0.409. The lowest BCUT2D eigenvalue weighted by Gasteiger charge is -2.21. The van der Waals surface area contributed by atoms with Crippen LogP contribution in [0, 0.1) is 5.92 Å². The first-order valence-electron chi connectivity index (χ1n) is 6.36. The topological polar surface area (TPSA) is 63.4 Å². The Hall–Kier alpha value is -0.430. The van der Waals surface area contributed by atoms with Gasteiger partial charge in [-0.25, -0.2) is 8.42 Å². The standard InChI is InChI=1S/C13H19BrN2O2S/c1-9-5-10(2)16(8-9)19(17,18)13-4-3-11(7-15)6-12(13)14/h3-4,6,9-10H,5,7-8,15H2,1-2H3. The number of rotatable bonds is 3. The Labute approximate surface area is 123 Å². The van der Waals surface area contributed by atoms with E-state index in [0.717, 1.165) is 12.0 Å². The van der Waals surface area contributed by atoms with Gasteiger partial charge in [0.2, 0.25) is 10.0 Å². The van der Waals surface area contributed by atoms with Crippen molar-refractivity contribution in [1.29, 1.82) is 0 Å². The fraction of sp³-hybridized carbons (Fsp3) is 0.538. The summed E-state index contributed by atoms with van der Waals surface area (Å²) in [4.78, 5) is 0.325. The van der Waals surface area contributed by atoms with Crippen LogP contribution in [0.15, 0.2) is 27.6 Å². The van der Waals surface area contributed by atoms with Crippen LogP contribution in [0.3, 0.4) is 0 Å². The van der Waals surface area contributed by atoms with E-state index in [-0.39, 0.29) is 6.04 Å². The Morgan fingerprint density at radius 1 is 1.42 bits per heavy atom. The Kier molecular flexibility index (Phi) is 4.35.